The lowest BCUT2D eigenvalue weighted by atomic mass is 9.94. The van der Waals surface area contributed by atoms with E-state index in [9.17, 15) is 4.79 Å². The Balaban J connectivity index is 1.62. The van der Waals surface area contributed by atoms with Gasteiger partial charge in [-0.15, -0.1) is 0 Å². The van der Waals surface area contributed by atoms with Gasteiger partial charge in [0.15, 0.2) is 5.11 Å². The van der Waals surface area contributed by atoms with Crippen LogP contribution >= 0.6 is 12.2 Å². The summed E-state index contributed by atoms with van der Waals surface area (Å²) in [6, 6.07) is 5.92. The lowest BCUT2D eigenvalue weighted by Gasteiger charge is -2.29. The minimum atomic E-state index is -0.0644. The molecule has 128 valence electrons. The van der Waals surface area contributed by atoms with Gasteiger partial charge in [-0.1, -0.05) is 25.3 Å². The molecule has 1 N–H and O–H groups in total. The maximum Gasteiger partial charge on any atom is 0.276 e. The zero-order valence-corrected chi connectivity index (χ0v) is 14.6. The summed E-state index contributed by atoms with van der Waals surface area (Å²) in [5.41, 5.74) is 2.31. The molecule has 1 aliphatic heterocycles. The molecular formula is C19H19N3O2S. The van der Waals surface area contributed by atoms with Gasteiger partial charge < -0.3 is 9.73 Å². The van der Waals surface area contributed by atoms with E-state index in [-0.39, 0.29) is 11.9 Å². The zero-order valence-electron chi connectivity index (χ0n) is 13.8. The van der Waals surface area contributed by atoms with Crippen molar-refractivity contribution in [3.8, 4) is 11.1 Å². The number of furan rings is 1. The Morgan fingerprint density at radius 2 is 2.12 bits per heavy atom. The summed E-state index contributed by atoms with van der Waals surface area (Å²) in [7, 11) is 0. The van der Waals surface area contributed by atoms with Crippen LogP contribution in [0.25, 0.3) is 17.2 Å². The monoisotopic (exact) mass is 353 g/mol. The van der Waals surface area contributed by atoms with Crippen LogP contribution in [0.15, 0.2) is 47.0 Å². The van der Waals surface area contributed by atoms with E-state index in [0.717, 1.165) is 36.8 Å². The fourth-order valence-electron chi connectivity index (χ4n) is 3.54. The lowest BCUT2D eigenvalue weighted by Crippen LogP contribution is -2.41. The van der Waals surface area contributed by atoms with Crippen molar-refractivity contribution in [3.05, 3.63) is 48.3 Å². The Morgan fingerprint density at radius 3 is 2.88 bits per heavy atom. The van der Waals surface area contributed by atoms with Crippen LogP contribution in [0.5, 0.6) is 0 Å². The number of hydrogen-bond acceptors (Lipinski definition) is 4. The van der Waals surface area contributed by atoms with Crippen LogP contribution in [-0.4, -0.2) is 26.9 Å². The Morgan fingerprint density at radius 1 is 1.28 bits per heavy atom. The fourth-order valence-corrected chi connectivity index (χ4v) is 3.89. The van der Waals surface area contributed by atoms with Crippen LogP contribution in [0, 0.1) is 0 Å². The predicted octanol–water partition coefficient (Wildman–Crippen LogP) is 3.73. The topological polar surface area (TPSA) is 58.4 Å². The van der Waals surface area contributed by atoms with Gasteiger partial charge in [0, 0.05) is 35.6 Å². The van der Waals surface area contributed by atoms with Gasteiger partial charge in [-0.3, -0.25) is 14.7 Å². The number of nitrogens with zero attached hydrogens (tertiary/aromatic N) is 2. The largest absolute Gasteiger partial charge is 0.464 e. The smallest absolute Gasteiger partial charge is 0.276 e. The Kier molecular flexibility index (Phi) is 4.36. The van der Waals surface area contributed by atoms with Gasteiger partial charge in [0.05, 0.1) is 6.26 Å². The third-order valence-corrected chi connectivity index (χ3v) is 5.09. The quantitative estimate of drug-likeness (QED) is 0.673. The average molecular weight is 353 g/mol. The van der Waals surface area contributed by atoms with Crippen LogP contribution in [-0.2, 0) is 4.79 Å². The predicted molar refractivity (Wildman–Crippen MR) is 99.4 cm³/mol. The Labute approximate surface area is 151 Å². The highest BCUT2D eigenvalue weighted by atomic mass is 32.1. The van der Waals surface area contributed by atoms with Crippen molar-refractivity contribution >= 4 is 29.3 Å². The molecule has 0 bridgehead atoms. The Bertz CT molecular complexity index is 822. The highest BCUT2D eigenvalue weighted by Gasteiger charge is 2.36. The third-order valence-electron chi connectivity index (χ3n) is 4.79. The van der Waals surface area contributed by atoms with E-state index in [4.69, 9.17) is 16.6 Å². The molecule has 6 heteroatoms. The molecule has 2 aromatic rings. The first-order valence-corrected chi connectivity index (χ1v) is 8.99. The van der Waals surface area contributed by atoms with Crippen molar-refractivity contribution in [1.29, 1.82) is 0 Å². The van der Waals surface area contributed by atoms with Gasteiger partial charge in [-0.05, 0) is 37.2 Å². The number of carbonyl (C=O) groups is 1. The second-order valence-corrected chi connectivity index (χ2v) is 6.78. The third kappa shape index (κ3) is 3.09. The second kappa shape index (κ2) is 6.80. The summed E-state index contributed by atoms with van der Waals surface area (Å²) in [5.74, 6) is 0.558. The summed E-state index contributed by atoms with van der Waals surface area (Å²) >= 11 is 5.41. The van der Waals surface area contributed by atoms with Gasteiger partial charge in [-0.25, -0.2) is 0 Å². The molecule has 2 aromatic heterocycles. The SMILES string of the molecule is O=C1/C(=C/c2occc2-c2cccnc2)NC(=S)N1C1CCCCC1. The van der Waals surface area contributed by atoms with Crippen molar-refractivity contribution in [3.63, 3.8) is 0 Å². The number of amides is 1. The molecule has 4 rings (SSSR count). The summed E-state index contributed by atoms with van der Waals surface area (Å²) < 4.78 is 5.59. The summed E-state index contributed by atoms with van der Waals surface area (Å²) in [5, 5.41) is 3.56. The first-order chi connectivity index (χ1) is 12.2. The molecule has 1 amide bonds. The van der Waals surface area contributed by atoms with Crippen molar-refractivity contribution in [2.24, 2.45) is 0 Å². The van der Waals surface area contributed by atoms with E-state index < -0.39 is 0 Å². The maximum absolute atomic E-state index is 12.8. The summed E-state index contributed by atoms with van der Waals surface area (Å²) in [4.78, 5) is 18.7. The first kappa shape index (κ1) is 16.0. The molecule has 0 radical (unpaired) electrons. The Hall–Kier alpha value is -2.47. The molecule has 3 heterocycles. The van der Waals surface area contributed by atoms with Gasteiger partial charge in [0.1, 0.15) is 11.5 Å². The molecule has 1 saturated carbocycles. The number of aromatic nitrogens is 1. The highest BCUT2D eigenvalue weighted by Crippen LogP contribution is 2.29. The molecule has 0 atom stereocenters. The number of thiocarbonyl (C=S) groups is 1. The van der Waals surface area contributed by atoms with Crippen LogP contribution in [0.1, 0.15) is 37.9 Å². The van der Waals surface area contributed by atoms with Crippen LogP contribution in [0.3, 0.4) is 0 Å². The molecule has 0 spiro atoms. The molecule has 1 aliphatic carbocycles. The zero-order chi connectivity index (χ0) is 17.2. The van der Waals surface area contributed by atoms with E-state index in [0.29, 0.717) is 16.6 Å². The fraction of sp³-hybridized carbons (Fsp3) is 0.316. The van der Waals surface area contributed by atoms with Crippen molar-refractivity contribution < 1.29 is 9.21 Å². The number of rotatable bonds is 3. The number of pyridine rings is 1. The lowest BCUT2D eigenvalue weighted by molar-refractivity contribution is -0.124. The molecule has 2 aliphatic rings. The molecule has 25 heavy (non-hydrogen) atoms. The molecule has 0 aromatic carbocycles. The van der Waals surface area contributed by atoms with Gasteiger partial charge in [0.25, 0.3) is 5.91 Å². The molecule has 1 saturated heterocycles. The van der Waals surface area contributed by atoms with Crippen molar-refractivity contribution in [2.45, 2.75) is 38.1 Å². The normalized spacial score (nSPS) is 20.3. The van der Waals surface area contributed by atoms with Crippen LogP contribution in [0.2, 0.25) is 0 Å². The molecule has 2 fully saturated rings. The minimum Gasteiger partial charge on any atom is -0.464 e. The molecular weight excluding hydrogens is 334 g/mol. The van der Waals surface area contributed by atoms with Crippen LogP contribution < -0.4 is 5.32 Å². The number of hydrogen-bond donors (Lipinski definition) is 1. The van der Waals surface area contributed by atoms with E-state index in [1.807, 2.05) is 18.2 Å². The van der Waals surface area contributed by atoms with Gasteiger partial charge in [-0.2, -0.15) is 0 Å². The van der Waals surface area contributed by atoms with E-state index >= 15 is 0 Å². The number of nitrogens with one attached hydrogen (secondary N) is 1. The van der Waals surface area contributed by atoms with Gasteiger partial charge >= 0.3 is 0 Å². The standard InChI is InChI=1S/C19H19N3O2S/c23-18-16(21-19(25)22(18)14-6-2-1-3-7-14)11-17-15(8-10-24-17)13-5-4-9-20-12-13/h4-5,8-12,14H,1-3,6-7H2,(H,21,25)/b16-11-. The van der Waals surface area contributed by atoms with Crippen molar-refractivity contribution in [1.82, 2.24) is 15.2 Å². The molecule has 0 unspecified atom stereocenters. The summed E-state index contributed by atoms with van der Waals surface area (Å²) in [6.07, 6.45) is 12.4. The van der Waals surface area contributed by atoms with E-state index in [1.54, 1.807) is 29.6 Å². The van der Waals surface area contributed by atoms with E-state index in [2.05, 4.69) is 10.3 Å². The maximum atomic E-state index is 12.8. The first-order valence-electron chi connectivity index (χ1n) is 8.58. The minimum absolute atomic E-state index is 0.0644. The van der Waals surface area contributed by atoms with E-state index in [1.165, 1.54) is 6.42 Å². The van der Waals surface area contributed by atoms with Gasteiger partial charge in [0.2, 0.25) is 0 Å². The van der Waals surface area contributed by atoms with Crippen LogP contribution in [0.4, 0.5) is 0 Å². The molecule has 5 nitrogen and oxygen atoms in total. The van der Waals surface area contributed by atoms with Crippen molar-refractivity contribution in [2.75, 3.05) is 0 Å². The summed E-state index contributed by atoms with van der Waals surface area (Å²) in [6.45, 7) is 0. The highest BCUT2D eigenvalue weighted by molar-refractivity contribution is 7.80. The average Bonchev–Trinajstić information content (AvgIpc) is 3.21. The second-order valence-electron chi connectivity index (χ2n) is 6.40. The number of carbonyl (C=O) groups excluding carboxylic acids is 1.